The second-order valence-electron chi connectivity index (χ2n) is 4.68. The van der Waals surface area contributed by atoms with Crippen molar-refractivity contribution < 1.29 is 14.6 Å². The highest BCUT2D eigenvalue weighted by atomic mass is 16.5. The molecule has 1 spiro atoms. The molecule has 0 saturated heterocycles. The lowest BCUT2D eigenvalue weighted by molar-refractivity contribution is -0.146. The SMILES string of the molecule is Cc1cccc2c1OC(C(=O)O)C21C=CN=CC1. The van der Waals surface area contributed by atoms with E-state index in [0.29, 0.717) is 12.2 Å². The van der Waals surface area contributed by atoms with Crippen LogP contribution in [-0.4, -0.2) is 23.4 Å². The summed E-state index contributed by atoms with van der Waals surface area (Å²) in [5.41, 5.74) is 1.29. The molecule has 0 bridgehead atoms. The van der Waals surface area contributed by atoms with Gasteiger partial charge in [-0.15, -0.1) is 0 Å². The van der Waals surface area contributed by atoms with E-state index in [1.807, 2.05) is 31.2 Å². The zero-order chi connectivity index (χ0) is 12.8. The van der Waals surface area contributed by atoms with E-state index in [1.54, 1.807) is 12.4 Å². The van der Waals surface area contributed by atoms with Gasteiger partial charge in [-0.1, -0.05) is 24.3 Å². The molecule has 1 aromatic carbocycles. The van der Waals surface area contributed by atoms with Crippen LogP contribution in [0.1, 0.15) is 17.5 Å². The molecule has 2 heterocycles. The summed E-state index contributed by atoms with van der Waals surface area (Å²) >= 11 is 0. The standard InChI is InChI=1S/C14H13NO3/c1-9-3-2-4-10-11(9)18-12(13(16)17)14(10)5-7-15-8-6-14/h2-5,7-8,12H,6H2,1H3,(H,16,17). The second-order valence-corrected chi connectivity index (χ2v) is 4.68. The number of aliphatic carboxylic acids is 1. The third-order valence-corrected chi connectivity index (χ3v) is 3.63. The molecule has 2 unspecified atom stereocenters. The number of carbonyl (C=O) groups is 1. The number of carboxylic acids is 1. The molecule has 3 rings (SSSR count). The maximum Gasteiger partial charge on any atom is 0.346 e. The smallest absolute Gasteiger partial charge is 0.346 e. The number of carboxylic acid groups (broad SMARTS) is 1. The molecule has 0 aliphatic carbocycles. The van der Waals surface area contributed by atoms with E-state index in [9.17, 15) is 9.90 Å². The van der Waals surface area contributed by atoms with Gasteiger partial charge in [-0.05, 0) is 12.5 Å². The lowest BCUT2D eigenvalue weighted by atomic mass is 9.73. The van der Waals surface area contributed by atoms with Gasteiger partial charge in [-0.25, -0.2) is 4.79 Å². The van der Waals surface area contributed by atoms with E-state index >= 15 is 0 Å². The fourth-order valence-electron chi connectivity index (χ4n) is 2.71. The summed E-state index contributed by atoms with van der Waals surface area (Å²) in [6.45, 7) is 1.93. The fraction of sp³-hybridized carbons (Fsp3) is 0.286. The van der Waals surface area contributed by atoms with Crippen molar-refractivity contribution in [2.75, 3.05) is 0 Å². The molecule has 0 saturated carbocycles. The summed E-state index contributed by atoms with van der Waals surface area (Å²) in [5, 5.41) is 9.39. The van der Waals surface area contributed by atoms with Crippen LogP contribution in [0.4, 0.5) is 0 Å². The first-order valence-corrected chi connectivity index (χ1v) is 5.84. The number of para-hydroxylation sites is 1. The molecule has 2 aliphatic heterocycles. The van der Waals surface area contributed by atoms with Crippen LogP contribution in [0.25, 0.3) is 0 Å². The van der Waals surface area contributed by atoms with Crippen LogP contribution in [0.2, 0.25) is 0 Å². The van der Waals surface area contributed by atoms with Crippen molar-refractivity contribution in [1.29, 1.82) is 0 Å². The maximum atomic E-state index is 11.5. The third kappa shape index (κ3) is 1.32. The molecule has 1 N–H and O–H groups in total. The quantitative estimate of drug-likeness (QED) is 0.821. The van der Waals surface area contributed by atoms with Crippen molar-refractivity contribution in [2.45, 2.75) is 24.9 Å². The van der Waals surface area contributed by atoms with Crippen molar-refractivity contribution >= 4 is 12.2 Å². The van der Waals surface area contributed by atoms with Gasteiger partial charge < -0.3 is 9.84 Å². The predicted octanol–water partition coefficient (Wildman–Crippen LogP) is 2.07. The number of rotatable bonds is 1. The Labute approximate surface area is 105 Å². The van der Waals surface area contributed by atoms with Crippen LogP contribution in [0, 0.1) is 6.92 Å². The molecule has 4 heteroatoms. The van der Waals surface area contributed by atoms with Crippen LogP contribution in [0.5, 0.6) is 5.75 Å². The fourth-order valence-corrected chi connectivity index (χ4v) is 2.71. The maximum absolute atomic E-state index is 11.5. The first-order valence-electron chi connectivity index (χ1n) is 5.84. The number of fused-ring (bicyclic) bond motifs is 2. The zero-order valence-electron chi connectivity index (χ0n) is 9.96. The van der Waals surface area contributed by atoms with Crippen LogP contribution in [0.3, 0.4) is 0 Å². The van der Waals surface area contributed by atoms with Gasteiger partial charge in [0.1, 0.15) is 5.75 Å². The molecule has 4 nitrogen and oxygen atoms in total. The van der Waals surface area contributed by atoms with Crippen molar-refractivity contribution in [3.8, 4) is 5.75 Å². The van der Waals surface area contributed by atoms with E-state index in [2.05, 4.69) is 4.99 Å². The molecule has 18 heavy (non-hydrogen) atoms. The summed E-state index contributed by atoms with van der Waals surface area (Å²) in [7, 11) is 0. The summed E-state index contributed by atoms with van der Waals surface area (Å²) in [6.07, 6.45) is 4.92. The third-order valence-electron chi connectivity index (χ3n) is 3.63. The van der Waals surface area contributed by atoms with Crippen molar-refractivity contribution in [2.24, 2.45) is 4.99 Å². The molecular formula is C14H13NO3. The van der Waals surface area contributed by atoms with Crippen LogP contribution < -0.4 is 4.74 Å². The number of aliphatic imine (C=N–C) groups is 1. The minimum Gasteiger partial charge on any atom is -0.478 e. The molecule has 92 valence electrons. The molecule has 2 aliphatic rings. The van der Waals surface area contributed by atoms with Crippen molar-refractivity contribution in [3.05, 3.63) is 41.6 Å². The Bertz CT molecular complexity index is 576. The number of hydrogen-bond acceptors (Lipinski definition) is 3. The van der Waals surface area contributed by atoms with Crippen molar-refractivity contribution in [3.63, 3.8) is 0 Å². The van der Waals surface area contributed by atoms with Crippen molar-refractivity contribution in [1.82, 2.24) is 0 Å². The van der Waals surface area contributed by atoms with E-state index in [4.69, 9.17) is 4.74 Å². The van der Waals surface area contributed by atoms with Crippen LogP contribution in [0.15, 0.2) is 35.5 Å². The Morgan fingerprint density at radius 2 is 2.39 bits per heavy atom. The number of aryl methyl sites for hydroxylation is 1. The second kappa shape index (κ2) is 3.70. The lowest BCUT2D eigenvalue weighted by Gasteiger charge is -2.28. The predicted molar refractivity (Wildman–Crippen MR) is 67.2 cm³/mol. The average molecular weight is 243 g/mol. The summed E-state index contributed by atoms with van der Waals surface area (Å²) < 4.78 is 5.68. The molecule has 2 atom stereocenters. The number of benzene rings is 1. The average Bonchev–Trinajstić information content (AvgIpc) is 2.67. The van der Waals surface area contributed by atoms with Crippen LogP contribution in [-0.2, 0) is 10.2 Å². The molecule has 1 aromatic rings. The summed E-state index contributed by atoms with van der Waals surface area (Å²) in [6, 6.07) is 5.80. The van der Waals surface area contributed by atoms with Crippen LogP contribution >= 0.6 is 0 Å². The minimum absolute atomic E-state index is 0.553. The first-order chi connectivity index (χ1) is 8.65. The Morgan fingerprint density at radius 1 is 1.56 bits per heavy atom. The Hall–Kier alpha value is -2.10. The Balaban J connectivity index is 2.21. The number of ether oxygens (including phenoxy) is 1. The monoisotopic (exact) mass is 243 g/mol. The topological polar surface area (TPSA) is 58.9 Å². The highest BCUT2D eigenvalue weighted by Crippen LogP contribution is 2.48. The zero-order valence-corrected chi connectivity index (χ0v) is 9.96. The molecule has 0 radical (unpaired) electrons. The van der Waals surface area contributed by atoms with E-state index in [1.165, 1.54) is 0 Å². The molecule has 0 aromatic heterocycles. The van der Waals surface area contributed by atoms with Gasteiger partial charge in [0.05, 0.1) is 5.41 Å². The Kier molecular flexibility index (Phi) is 2.26. The van der Waals surface area contributed by atoms with Gasteiger partial charge in [-0.3, -0.25) is 4.99 Å². The molecular weight excluding hydrogens is 230 g/mol. The highest BCUT2D eigenvalue weighted by Gasteiger charge is 2.51. The molecule has 0 amide bonds. The normalized spacial score (nSPS) is 28.2. The number of nitrogens with zero attached hydrogens (tertiary/aromatic N) is 1. The van der Waals surface area contributed by atoms with E-state index in [0.717, 1.165) is 11.1 Å². The Morgan fingerprint density at radius 3 is 3.06 bits per heavy atom. The minimum atomic E-state index is -0.939. The lowest BCUT2D eigenvalue weighted by Crippen LogP contribution is -2.43. The number of hydrogen-bond donors (Lipinski definition) is 1. The van der Waals surface area contributed by atoms with Gasteiger partial charge in [0, 0.05) is 24.4 Å². The largest absolute Gasteiger partial charge is 0.478 e. The van der Waals surface area contributed by atoms with Gasteiger partial charge in [0.2, 0.25) is 6.10 Å². The summed E-state index contributed by atoms with van der Waals surface area (Å²) in [4.78, 5) is 15.5. The van der Waals surface area contributed by atoms with Gasteiger partial charge in [0.25, 0.3) is 0 Å². The van der Waals surface area contributed by atoms with Gasteiger partial charge in [-0.2, -0.15) is 0 Å². The van der Waals surface area contributed by atoms with Gasteiger partial charge >= 0.3 is 5.97 Å². The van der Waals surface area contributed by atoms with E-state index in [-0.39, 0.29) is 0 Å². The van der Waals surface area contributed by atoms with E-state index < -0.39 is 17.5 Å². The highest BCUT2D eigenvalue weighted by molar-refractivity contribution is 5.81. The first kappa shape index (κ1) is 11.0. The van der Waals surface area contributed by atoms with Gasteiger partial charge in [0.15, 0.2) is 0 Å². The summed E-state index contributed by atoms with van der Waals surface area (Å²) in [5.74, 6) is -0.240. The molecule has 0 fully saturated rings.